The van der Waals surface area contributed by atoms with Crippen molar-refractivity contribution in [3.05, 3.63) is 12.2 Å². The molecule has 112 valence electrons. The molecule has 0 heterocycles. The Balaban J connectivity index is 1.50. The van der Waals surface area contributed by atoms with Crippen LogP contribution in [0.15, 0.2) is 12.2 Å². The summed E-state index contributed by atoms with van der Waals surface area (Å²) in [4.78, 5) is 0. The van der Waals surface area contributed by atoms with Crippen LogP contribution < -0.4 is 0 Å². The van der Waals surface area contributed by atoms with Gasteiger partial charge in [0.25, 0.3) is 0 Å². The van der Waals surface area contributed by atoms with Crippen molar-refractivity contribution in [1.29, 1.82) is 5.41 Å². The molecule has 0 radical (unpaired) electrons. The summed E-state index contributed by atoms with van der Waals surface area (Å²) in [6, 6.07) is 0. The summed E-state index contributed by atoms with van der Waals surface area (Å²) in [5, 5.41) is 8.29. The van der Waals surface area contributed by atoms with Gasteiger partial charge in [0.1, 0.15) is 0 Å². The van der Waals surface area contributed by atoms with E-state index in [1.165, 1.54) is 63.4 Å². The Morgan fingerprint density at radius 1 is 0.950 bits per heavy atom. The molecular weight excluding hydrogens is 246 g/mol. The van der Waals surface area contributed by atoms with Gasteiger partial charge in [-0.15, -0.1) is 0 Å². The number of hydrogen-bond acceptors (Lipinski definition) is 2. The molecule has 0 spiro atoms. The molecule has 3 fully saturated rings. The molecule has 20 heavy (non-hydrogen) atoms. The molecule has 1 N–H and O–H groups in total. The van der Waals surface area contributed by atoms with Crippen molar-refractivity contribution < 1.29 is 4.74 Å². The lowest BCUT2D eigenvalue weighted by Crippen LogP contribution is -2.30. The third-order valence-electron chi connectivity index (χ3n) is 5.37. The number of rotatable bonds is 7. The molecule has 0 saturated heterocycles. The fourth-order valence-electron chi connectivity index (χ4n) is 3.51. The maximum Gasteiger partial charge on any atom is 0.184 e. The van der Waals surface area contributed by atoms with E-state index in [0.29, 0.717) is 17.7 Å². The Kier molecular flexibility index (Phi) is 4.48. The number of allylic oxidation sites excluding steroid dienone is 1. The minimum absolute atomic E-state index is 0.328. The van der Waals surface area contributed by atoms with Crippen molar-refractivity contribution in [1.82, 2.24) is 0 Å². The average Bonchev–Trinajstić information content (AvgIpc) is 3.36. The first-order valence-corrected chi connectivity index (χ1v) is 8.63. The Morgan fingerprint density at radius 3 is 2.25 bits per heavy atom. The van der Waals surface area contributed by atoms with Crippen LogP contribution >= 0.6 is 0 Å². The standard InChI is InChI=1S/C18H29NO/c1-13(6-7-14-8-9-14)16-4-2-3-5-17(16)18(19)20-12-15-10-11-15/h14-17,19H,1-12H2. The van der Waals surface area contributed by atoms with E-state index < -0.39 is 0 Å². The minimum Gasteiger partial charge on any atom is -0.481 e. The first-order chi connectivity index (χ1) is 9.74. The molecule has 0 aromatic rings. The molecule has 3 rings (SSSR count). The van der Waals surface area contributed by atoms with Crippen molar-refractivity contribution in [3.8, 4) is 0 Å². The van der Waals surface area contributed by atoms with Crippen molar-refractivity contribution in [3.63, 3.8) is 0 Å². The second-order valence-corrected chi connectivity index (χ2v) is 7.26. The lowest BCUT2D eigenvalue weighted by atomic mass is 9.74. The van der Waals surface area contributed by atoms with E-state index in [4.69, 9.17) is 10.1 Å². The summed E-state index contributed by atoms with van der Waals surface area (Å²) in [5.41, 5.74) is 1.40. The van der Waals surface area contributed by atoms with Gasteiger partial charge >= 0.3 is 0 Å². The largest absolute Gasteiger partial charge is 0.481 e. The second-order valence-electron chi connectivity index (χ2n) is 7.26. The van der Waals surface area contributed by atoms with E-state index in [1.54, 1.807) is 0 Å². The van der Waals surface area contributed by atoms with E-state index in [2.05, 4.69) is 6.58 Å². The number of ether oxygens (including phenoxy) is 1. The second kappa shape index (κ2) is 6.32. The molecule has 0 amide bonds. The summed E-state index contributed by atoms with van der Waals surface area (Å²) in [7, 11) is 0. The van der Waals surface area contributed by atoms with Crippen molar-refractivity contribution in [2.45, 2.75) is 64.2 Å². The van der Waals surface area contributed by atoms with Gasteiger partial charge in [-0.2, -0.15) is 0 Å². The molecule has 2 nitrogen and oxygen atoms in total. The average molecular weight is 275 g/mol. The molecule has 2 heteroatoms. The van der Waals surface area contributed by atoms with Crippen LogP contribution in [0, 0.1) is 29.1 Å². The van der Waals surface area contributed by atoms with Crippen molar-refractivity contribution >= 4 is 5.90 Å². The predicted molar refractivity (Wildman–Crippen MR) is 82.9 cm³/mol. The van der Waals surface area contributed by atoms with Crippen LogP contribution in [-0.2, 0) is 4.74 Å². The molecule has 3 aliphatic carbocycles. The molecule has 0 aromatic heterocycles. The molecule has 3 saturated carbocycles. The zero-order valence-electron chi connectivity index (χ0n) is 12.7. The maximum atomic E-state index is 8.29. The number of hydrogen-bond donors (Lipinski definition) is 1. The normalized spacial score (nSPS) is 30.0. The van der Waals surface area contributed by atoms with Crippen LogP contribution in [0.4, 0.5) is 0 Å². The van der Waals surface area contributed by atoms with Crippen LogP contribution in [-0.4, -0.2) is 12.5 Å². The van der Waals surface area contributed by atoms with E-state index in [0.717, 1.165) is 24.9 Å². The van der Waals surface area contributed by atoms with Gasteiger partial charge < -0.3 is 4.74 Å². The van der Waals surface area contributed by atoms with E-state index in [-0.39, 0.29) is 0 Å². The van der Waals surface area contributed by atoms with Crippen molar-refractivity contribution in [2.75, 3.05) is 6.61 Å². The summed E-state index contributed by atoms with van der Waals surface area (Å²) in [6.45, 7) is 5.15. The fourth-order valence-corrected chi connectivity index (χ4v) is 3.51. The van der Waals surface area contributed by atoms with Gasteiger partial charge in [-0.3, -0.25) is 5.41 Å². The van der Waals surface area contributed by atoms with Gasteiger partial charge in [0.05, 0.1) is 6.61 Å². The fraction of sp³-hybridized carbons (Fsp3) is 0.833. The topological polar surface area (TPSA) is 33.1 Å². The molecule has 0 bridgehead atoms. The minimum atomic E-state index is 0.328. The smallest absolute Gasteiger partial charge is 0.184 e. The highest BCUT2D eigenvalue weighted by atomic mass is 16.5. The molecular formula is C18H29NO. The monoisotopic (exact) mass is 275 g/mol. The summed E-state index contributed by atoms with van der Waals surface area (Å²) in [5.74, 6) is 3.15. The van der Waals surface area contributed by atoms with Gasteiger partial charge in [0, 0.05) is 5.92 Å². The van der Waals surface area contributed by atoms with Gasteiger partial charge in [0.2, 0.25) is 0 Å². The highest BCUT2D eigenvalue weighted by Crippen LogP contribution is 2.40. The zero-order chi connectivity index (χ0) is 13.9. The zero-order valence-corrected chi connectivity index (χ0v) is 12.7. The Bertz CT molecular complexity index is 332. The van der Waals surface area contributed by atoms with Crippen LogP contribution in [0.5, 0.6) is 0 Å². The maximum absolute atomic E-state index is 8.29. The highest BCUT2D eigenvalue weighted by molar-refractivity contribution is 5.76. The van der Waals surface area contributed by atoms with Gasteiger partial charge in [-0.1, -0.05) is 37.8 Å². The quantitative estimate of drug-likeness (QED) is 0.398. The molecule has 2 atom stereocenters. The van der Waals surface area contributed by atoms with E-state index >= 15 is 0 Å². The predicted octanol–water partition coefficient (Wildman–Crippen LogP) is 4.94. The summed E-state index contributed by atoms with van der Waals surface area (Å²) >= 11 is 0. The van der Waals surface area contributed by atoms with Gasteiger partial charge in [-0.05, 0) is 56.3 Å². The summed E-state index contributed by atoms with van der Waals surface area (Å²) < 4.78 is 5.77. The Morgan fingerprint density at radius 2 is 1.60 bits per heavy atom. The molecule has 3 aliphatic rings. The first kappa shape index (κ1) is 14.2. The lowest BCUT2D eigenvalue weighted by Gasteiger charge is -2.33. The van der Waals surface area contributed by atoms with Crippen LogP contribution in [0.25, 0.3) is 0 Å². The Labute approximate surface area is 123 Å². The van der Waals surface area contributed by atoms with Gasteiger partial charge in [0.15, 0.2) is 5.90 Å². The van der Waals surface area contributed by atoms with E-state index in [1.807, 2.05) is 0 Å². The van der Waals surface area contributed by atoms with Crippen molar-refractivity contribution in [2.24, 2.45) is 23.7 Å². The molecule has 0 aromatic carbocycles. The van der Waals surface area contributed by atoms with Crippen LogP contribution in [0.2, 0.25) is 0 Å². The first-order valence-electron chi connectivity index (χ1n) is 8.63. The van der Waals surface area contributed by atoms with E-state index in [9.17, 15) is 0 Å². The van der Waals surface area contributed by atoms with Crippen LogP contribution in [0.3, 0.4) is 0 Å². The van der Waals surface area contributed by atoms with Crippen LogP contribution in [0.1, 0.15) is 64.2 Å². The number of nitrogens with one attached hydrogen (secondary N) is 1. The highest BCUT2D eigenvalue weighted by Gasteiger charge is 2.33. The third-order valence-corrected chi connectivity index (χ3v) is 5.37. The SMILES string of the molecule is C=C(CCC1CC1)C1CCCCC1C(=N)OCC1CC1. The van der Waals surface area contributed by atoms with Gasteiger partial charge in [-0.25, -0.2) is 0 Å². The molecule has 2 unspecified atom stereocenters. The Hall–Kier alpha value is -0.790. The summed E-state index contributed by atoms with van der Waals surface area (Å²) in [6.07, 6.45) is 12.9. The molecule has 0 aliphatic heterocycles. The third kappa shape index (κ3) is 3.86. The lowest BCUT2D eigenvalue weighted by molar-refractivity contribution is 0.224.